The zero-order valence-electron chi connectivity index (χ0n) is 39.3. The van der Waals surface area contributed by atoms with Crippen LogP contribution in [0.4, 0.5) is 17.1 Å². The summed E-state index contributed by atoms with van der Waals surface area (Å²) < 4.78 is 4.70. The van der Waals surface area contributed by atoms with E-state index in [1.165, 1.54) is 71.7 Å². The second kappa shape index (κ2) is 16.9. The number of rotatable bonds is 9. The van der Waals surface area contributed by atoms with Gasteiger partial charge in [-0.1, -0.05) is 164 Å². The van der Waals surface area contributed by atoms with Crippen LogP contribution in [0.5, 0.6) is 0 Å². The Hall–Kier alpha value is -9.51. The average molecular weight is 919 g/mol. The highest BCUT2D eigenvalue weighted by Gasteiger charge is 2.46. The summed E-state index contributed by atoms with van der Waals surface area (Å²) in [6.45, 7) is 0. The molecule has 0 N–H and O–H groups in total. The van der Waals surface area contributed by atoms with Crippen LogP contribution in [-0.4, -0.2) is 14.1 Å². The van der Waals surface area contributed by atoms with Gasteiger partial charge in [0.15, 0.2) is 0 Å². The smallest absolute Gasteiger partial charge is 0.0714 e. The van der Waals surface area contributed by atoms with Gasteiger partial charge < -0.3 is 14.0 Å². The van der Waals surface area contributed by atoms with Gasteiger partial charge >= 0.3 is 0 Å². The van der Waals surface area contributed by atoms with Gasteiger partial charge in [0, 0.05) is 62.6 Å². The molecule has 4 nitrogen and oxygen atoms in total. The van der Waals surface area contributed by atoms with Crippen molar-refractivity contribution in [1.82, 2.24) is 14.1 Å². The van der Waals surface area contributed by atoms with Gasteiger partial charge in [-0.2, -0.15) is 0 Å². The molecule has 0 fully saturated rings. The van der Waals surface area contributed by atoms with E-state index in [-0.39, 0.29) is 0 Å². The van der Waals surface area contributed by atoms with E-state index in [9.17, 15) is 0 Å². The first kappa shape index (κ1) is 41.5. The zero-order chi connectivity index (χ0) is 47.6. The van der Waals surface area contributed by atoms with E-state index in [0.717, 1.165) is 45.3 Å². The second-order valence-electron chi connectivity index (χ2n) is 18.8. The summed E-state index contributed by atoms with van der Waals surface area (Å²) in [6.07, 6.45) is 4.04. The molecule has 3 aromatic heterocycles. The molecule has 3 heterocycles. The first-order chi connectivity index (χ1) is 35.7. The van der Waals surface area contributed by atoms with E-state index in [1.807, 2.05) is 18.3 Å². The Morgan fingerprint density at radius 1 is 0.361 bits per heavy atom. The van der Waals surface area contributed by atoms with Crippen LogP contribution < -0.4 is 4.90 Å². The molecule has 13 aromatic rings. The number of para-hydroxylation sites is 2. The Morgan fingerprint density at radius 2 is 0.931 bits per heavy atom. The molecule has 0 aliphatic heterocycles. The number of anilines is 3. The molecule has 0 bridgehead atoms. The molecule has 10 aromatic carbocycles. The molecule has 0 spiro atoms. The highest BCUT2D eigenvalue weighted by molar-refractivity contribution is 6.14. The first-order valence-electron chi connectivity index (χ1n) is 24.7. The predicted molar refractivity (Wildman–Crippen MR) is 298 cm³/mol. The van der Waals surface area contributed by atoms with Gasteiger partial charge in [-0.05, 0) is 148 Å². The minimum Gasteiger partial charge on any atom is -0.316 e. The van der Waals surface area contributed by atoms with Gasteiger partial charge in [-0.15, -0.1) is 0 Å². The van der Waals surface area contributed by atoms with Crippen LogP contribution in [-0.2, 0) is 5.41 Å². The van der Waals surface area contributed by atoms with Crippen molar-refractivity contribution < 1.29 is 0 Å². The summed E-state index contributed by atoms with van der Waals surface area (Å²) >= 11 is 0. The molecule has 0 saturated carbocycles. The lowest BCUT2D eigenvalue weighted by atomic mass is 9.67. The van der Waals surface area contributed by atoms with E-state index in [2.05, 4.69) is 280 Å². The van der Waals surface area contributed by atoms with Gasteiger partial charge in [0.25, 0.3) is 0 Å². The summed E-state index contributed by atoms with van der Waals surface area (Å²) in [6, 6.07) is 97.4. The van der Waals surface area contributed by atoms with Crippen LogP contribution in [0.1, 0.15) is 22.3 Å². The van der Waals surface area contributed by atoms with Gasteiger partial charge in [0.05, 0.1) is 27.7 Å². The molecule has 0 amide bonds. The third-order valence-electron chi connectivity index (χ3n) is 14.9. The standard InChI is InChI=1S/C68H46N4/c1-5-17-51(18-6-1)68(52-19-7-2-8-20-52)62-26-14-13-25-58(62)59-38-37-57(45-63(59)68)71(56-35-30-48(31-36-56)64-27-15-16-41-69-64)55-33-28-47(29-34-55)49-32-39-65-60(43-49)61-44-50-40-42-70(53-21-9-3-10-22-53)66(50)46-67(61)72(65)54-23-11-4-12-24-54/h1-46H. The highest BCUT2D eigenvalue weighted by Crippen LogP contribution is 2.57. The highest BCUT2D eigenvalue weighted by atomic mass is 15.1. The van der Waals surface area contributed by atoms with E-state index >= 15 is 0 Å². The SMILES string of the molecule is c1ccc(-n2ccc3cc4c5cc(-c6ccc(N(c7ccc(-c8ccccn8)cc7)c7ccc8c(c7)C(c7ccccc7)(c7ccccc7)c7ccccc7-8)cc6)ccc5n(-c5ccccc5)c4cc32)cc1. The van der Waals surface area contributed by atoms with Crippen molar-refractivity contribution in [3.8, 4) is 44.9 Å². The quantitative estimate of drug-likeness (QED) is 0.144. The Morgan fingerprint density at radius 3 is 1.61 bits per heavy atom. The molecular weight excluding hydrogens is 873 g/mol. The Kier molecular flexibility index (Phi) is 9.71. The molecule has 0 atom stereocenters. The molecule has 0 saturated heterocycles. The Labute approximate surface area is 418 Å². The average Bonchev–Trinajstić information content (AvgIpc) is 4.12. The fourth-order valence-corrected chi connectivity index (χ4v) is 11.6. The third-order valence-corrected chi connectivity index (χ3v) is 14.9. The predicted octanol–water partition coefficient (Wildman–Crippen LogP) is 17.3. The van der Waals surface area contributed by atoms with Crippen molar-refractivity contribution >= 4 is 49.8 Å². The van der Waals surface area contributed by atoms with E-state index in [0.29, 0.717) is 0 Å². The Balaban J connectivity index is 0.918. The minimum absolute atomic E-state index is 0.525. The van der Waals surface area contributed by atoms with Crippen LogP contribution in [0.2, 0.25) is 0 Å². The fraction of sp³-hybridized carbons (Fsp3) is 0.0147. The number of hydrogen-bond acceptors (Lipinski definition) is 2. The van der Waals surface area contributed by atoms with Crippen LogP contribution in [0.3, 0.4) is 0 Å². The third kappa shape index (κ3) is 6.57. The summed E-state index contributed by atoms with van der Waals surface area (Å²) in [5.41, 5.74) is 20.4. The zero-order valence-corrected chi connectivity index (χ0v) is 39.3. The molecule has 0 radical (unpaired) electrons. The van der Waals surface area contributed by atoms with Crippen molar-refractivity contribution in [1.29, 1.82) is 0 Å². The summed E-state index contributed by atoms with van der Waals surface area (Å²) in [7, 11) is 0. The van der Waals surface area contributed by atoms with Crippen LogP contribution >= 0.6 is 0 Å². The summed E-state index contributed by atoms with van der Waals surface area (Å²) in [4.78, 5) is 7.08. The van der Waals surface area contributed by atoms with Crippen LogP contribution in [0, 0.1) is 0 Å². The molecule has 14 rings (SSSR count). The molecular formula is C68H46N4. The van der Waals surface area contributed by atoms with Crippen LogP contribution in [0.25, 0.3) is 77.6 Å². The van der Waals surface area contributed by atoms with Gasteiger partial charge in [0.1, 0.15) is 0 Å². The van der Waals surface area contributed by atoms with E-state index in [1.54, 1.807) is 0 Å². The van der Waals surface area contributed by atoms with Gasteiger partial charge in [-0.3, -0.25) is 4.98 Å². The number of fused-ring (bicyclic) bond motifs is 7. The maximum atomic E-state index is 4.67. The number of hydrogen-bond donors (Lipinski definition) is 0. The van der Waals surface area contributed by atoms with Crippen LogP contribution in [0.15, 0.2) is 279 Å². The lowest BCUT2D eigenvalue weighted by Gasteiger charge is -2.35. The maximum absolute atomic E-state index is 4.67. The van der Waals surface area contributed by atoms with E-state index < -0.39 is 5.41 Å². The minimum atomic E-state index is -0.525. The topological polar surface area (TPSA) is 26.0 Å². The molecule has 1 aliphatic carbocycles. The second-order valence-corrected chi connectivity index (χ2v) is 18.8. The normalized spacial score (nSPS) is 12.6. The molecule has 0 unspecified atom stereocenters. The van der Waals surface area contributed by atoms with Gasteiger partial charge in [-0.25, -0.2) is 0 Å². The van der Waals surface area contributed by atoms with Crippen molar-refractivity contribution in [2.24, 2.45) is 0 Å². The number of benzene rings is 10. The molecule has 4 heteroatoms. The molecule has 338 valence electrons. The molecule has 1 aliphatic rings. The first-order valence-corrected chi connectivity index (χ1v) is 24.7. The van der Waals surface area contributed by atoms with Crippen molar-refractivity contribution in [2.45, 2.75) is 5.41 Å². The lowest BCUT2D eigenvalue weighted by molar-refractivity contribution is 0.768. The number of aromatic nitrogens is 3. The summed E-state index contributed by atoms with van der Waals surface area (Å²) in [5.74, 6) is 0. The monoisotopic (exact) mass is 918 g/mol. The summed E-state index contributed by atoms with van der Waals surface area (Å²) in [5, 5.41) is 3.66. The van der Waals surface area contributed by atoms with Crippen molar-refractivity contribution in [2.75, 3.05) is 4.90 Å². The van der Waals surface area contributed by atoms with Crippen molar-refractivity contribution in [3.05, 3.63) is 302 Å². The largest absolute Gasteiger partial charge is 0.316 e. The van der Waals surface area contributed by atoms with Crippen molar-refractivity contribution in [3.63, 3.8) is 0 Å². The Bertz CT molecular complexity index is 4070. The van der Waals surface area contributed by atoms with E-state index in [4.69, 9.17) is 0 Å². The van der Waals surface area contributed by atoms with Gasteiger partial charge in [0.2, 0.25) is 0 Å². The number of pyridine rings is 1. The molecule has 72 heavy (non-hydrogen) atoms. The fourth-order valence-electron chi connectivity index (χ4n) is 11.6. The number of nitrogens with zero attached hydrogens (tertiary/aromatic N) is 4. The lowest BCUT2D eigenvalue weighted by Crippen LogP contribution is -2.28. The maximum Gasteiger partial charge on any atom is 0.0714 e.